The van der Waals surface area contributed by atoms with Crippen LogP contribution < -0.4 is 4.74 Å². The number of rotatable bonds is 4. The van der Waals surface area contributed by atoms with Crippen LogP contribution in [0, 0.1) is 0 Å². The van der Waals surface area contributed by atoms with Crippen LogP contribution >= 0.6 is 0 Å². The molecule has 0 radical (unpaired) electrons. The molecule has 2 unspecified atom stereocenters. The van der Waals surface area contributed by atoms with E-state index >= 15 is 0 Å². The van der Waals surface area contributed by atoms with E-state index in [2.05, 4.69) is 0 Å². The quantitative estimate of drug-likeness (QED) is 0.872. The minimum Gasteiger partial charge on any atom is -0.491 e. The third kappa shape index (κ3) is 2.99. The Morgan fingerprint density at radius 1 is 1.47 bits per heavy atom. The van der Waals surface area contributed by atoms with Crippen molar-refractivity contribution in [3.8, 4) is 5.75 Å². The van der Waals surface area contributed by atoms with Gasteiger partial charge in [-0.15, -0.1) is 0 Å². The Hall–Kier alpha value is -1.06. The van der Waals surface area contributed by atoms with Crippen LogP contribution in [0.3, 0.4) is 0 Å². The van der Waals surface area contributed by atoms with Crippen LogP contribution in [0.2, 0.25) is 0 Å². The van der Waals surface area contributed by atoms with Crippen molar-refractivity contribution in [2.24, 2.45) is 0 Å². The van der Waals surface area contributed by atoms with Gasteiger partial charge in [-0.3, -0.25) is 0 Å². The second kappa shape index (κ2) is 5.52. The minimum atomic E-state index is -0.300. The molecule has 0 heterocycles. The lowest BCUT2D eigenvalue weighted by Crippen LogP contribution is -2.16. The molecule has 2 atom stereocenters. The largest absolute Gasteiger partial charge is 0.491 e. The molecule has 0 aliphatic heterocycles. The van der Waals surface area contributed by atoms with Crippen molar-refractivity contribution in [2.75, 3.05) is 13.7 Å². The van der Waals surface area contributed by atoms with E-state index in [1.807, 2.05) is 25.1 Å². The maximum atomic E-state index is 9.85. The average Bonchev–Trinajstić information content (AvgIpc) is 2.36. The van der Waals surface area contributed by atoms with Gasteiger partial charge >= 0.3 is 0 Å². The highest BCUT2D eigenvalue weighted by molar-refractivity contribution is 5.38. The SMILES string of the molecule is COC(C)COc1ccc2c(c1)CCCC2O. The van der Waals surface area contributed by atoms with Crippen LogP contribution in [0.15, 0.2) is 18.2 Å². The molecule has 0 fully saturated rings. The van der Waals surface area contributed by atoms with Gasteiger partial charge in [0.15, 0.2) is 0 Å². The molecule has 0 amide bonds. The first-order chi connectivity index (χ1) is 8.20. The van der Waals surface area contributed by atoms with Crippen LogP contribution in [0.1, 0.15) is 37.0 Å². The number of aliphatic hydroxyl groups excluding tert-OH is 1. The number of hydrogen-bond acceptors (Lipinski definition) is 3. The third-order valence-corrected chi connectivity index (χ3v) is 3.28. The van der Waals surface area contributed by atoms with E-state index in [4.69, 9.17) is 9.47 Å². The number of ether oxygens (including phenoxy) is 2. The highest BCUT2D eigenvalue weighted by Gasteiger charge is 2.18. The van der Waals surface area contributed by atoms with Gasteiger partial charge < -0.3 is 14.6 Å². The Labute approximate surface area is 102 Å². The summed E-state index contributed by atoms with van der Waals surface area (Å²) in [5, 5.41) is 9.85. The van der Waals surface area contributed by atoms with Crippen molar-refractivity contribution in [3.63, 3.8) is 0 Å². The van der Waals surface area contributed by atoms with Crippen molar-refractivity contribution >= 4 is 0 Å². The Bertz CT molecular complexity index is 376. The third-order valence-electron chi connectivity index (χ3n) is 3.28. The zero-order valence-corrected chi connectivity index (χ0v) is 10.5. The summed E-state index contributed by atoms with van der Waals surface area (Å²) in [5.41, 5.74) is 2.27. The highest BCUT2D eigenvalue weighted by atomic mass is 16.5. The van der Waals surface area contributed by atoms with Gasteiger partial charge in [0.2, 0.25) is 0 Å². The molecule has 94 valence electrons. The Kier molecular flexibility index (Phi) is 4.02. The van der Waals surface area contributed by atoms with Gasteiger partial charge in [-0.1, -0.05) is 6.07 Å². The number of hydrogen-bond donors (Lipinski definition) is 1. The maximum absolute atomic E-state index is 9.85. The van der Waals surface area contributed by atoms with Crippen molar-refractivity contribution in [1.29, 1.82) is 0 Å². The lowest BCUT2D eigenvalue weighted by molar-refractivity contribution is 0.0715. The number of aryl methyl sites for hydroxylation is 1. The van der Waals surface area contributed by atoms with Crippen molar-refractivity contribution in [1.82, 2.24) is 0 Å². The fourth-order valence-electron chi connectivity index (χ4n) is 2.14. The van der Waals surface area contributed by atoms with Crippen molar-refractivity contribution in [3.05, 3.63) is 29.3 Å². The molecule has 0 spiro atoms. The monoisotopic (exact) mass is 236 g/mol. The molecule has 1 aliphatic rings. The summed E-state index contributed by atoms with van der Waals surface area (Å²) in [6, 6.07) is 5.95. The predicted molar refractivity (Wildman–Crippen MR) is 66.3 cm³/mol. The van der Waals surface area contributed by atoms with E-state index in [1.54, 1.807) is 7.11 Å². The van der Waals surface area contributed by atoms with Crippen LogP contribution in [0.25, 0.3) is 0 Å². The van der Waals surface area contributed by atoms with Crippen LogP contribution in [-0.4, -0.2) is 24.9 Å². The molecule has 0 saturated carbocycles. The summed E-state index contributed by atoms with van der Waals surface area (Å²) in [6.07, 6.45) is 2.74. The molecule has 0 bridgehead atoms. The molecule has 2 rings (SSSR count). The first kappa shape index (κ1) is 12.4. The van der Waals surface area contributed by atoms with Crippen LogP contribution in [0.5, 0.6) is 5.75 Å². The lowest BCUT2D eigenvalue weighted by Gasteiger charge is -2.22. The van der Waals surface area contributed by atoms with Crippen molar-refractivity contribution < 1.29 is 14.6 Å². The lowest BCUT2D eigenvalue weighted by atomic mass is 9.89. The van der Waals surface area contributed by atoms with E-state index in [1.165, 1.54) is 5.56 Å². The summed E-state index contributed by atoms with van der Waals surface area (Å²) < 4.78 is 10.8. The number of benzene rings is 1. The first-order valence-corrected chi connectivity index (χ1v) is 6.17. The minimum absolute atomic E-state index is 0.0941. The molecular formula is C14H20O3. The van der Waals surface area contributed by atoms with Gasteiger partial charge in [0, 0.05) is 7.11 Å². The molecule has 1 aliphatic carbocycles. The second-order valence-electron chi connectivity index (χ2n) is 4.63. The van der Waals surface area contributed by atoms with E-state index < -0.39 is 0 Å². The molecule has 0 saturated heterocycles. The van der Waals surface area contributed by atoms with Crippen LogP contribution in [-0.2, 0) is 11.2 Å². The molecule has 3 nitrogen and oxygen atoms in total. The standard InChI is InChI=1S/C14H20O3/c1-10(16-2)9-17-12-6-7-13-11(8-12)4-3-5-14(13)15/h6-8,10,14-15H,3-5,9H2,1-2H3. The summed E-state index contributed by atoms with van der Waals surface area (Å²) >= 11 is 0. The fourth-order valence-corrected chi connectivity index (χ4v) is 2.14. The van der Waals surface area contributed by atoms with E-state index in [9.17, 15) is 5.11 Å². The topological polar surface area (TPSA) is 38.7 Å². The van der Waals surface area contributed by atoms with Gasteiger partial charge in [-0.2, -0.15) is 0 Å². The van der Waals surface area contributed by atoms with E-state index in [-0.39, 0.29) is 12.2 Å². The van der Waals surface area contributed by atoms with Gasteiger partial charge in [-0.05, 0) is 49.4 Å². The summed E-state index contributed by atoms with van der Waals surface area (Å²) in [4.78, 5) is 0. The Balaban J connectivity index is 2.05. The molecule has 17 heavy (non-hydrogen) atoms. The normalized spacial score (nSPS) is 20.8. The molecule has 1 N–H and O–H groups in total. The molecule has 1 aromatic carbocycles. The first-order valence-electron chi connectivity index (χ1n) is 6.17. The second-order valence-corrected chi connectivity index (χ2v) is 4.63. The predicted octanol–water partition coefficient (Wildman–Crippen LogP) is 2.47. The van der Waals surface area contributed by atoms with Crippen LogP contribution in [0.4, 0.5) is 0 Å². The molecular weight excluding hydrogens is 216 g/mol. The maximum Gasteiger partial charge on any atom is 0.119 e. The Morgan fingerprint density at radius 2 is 2.29 bits per heavy atom. The van der Waals surface area contributed by atoms with E-state index in [0.717, 1.165) is 30.6 Å². The summed E-state index contributed by atoms with van der Waals surface area (Å²) in [7, 11) is 1.68. The van der Waals surface area contributed by atoms with Gasteiger partial charge in [0.1, 0.15) is 12.4 Å². The zero-order valence-electron chi connectivity index (χ0n) is 10.5. The zero-order chi connectivity index (χ0) is 12.3. The average molecular weight is 236 g/mol. The Morgan fingerprint density at radius 3 is 3.06 bits per heavy atom. The highest BCUT2D eigenvalue weighted by Crippen LogP contribution is 2.31. The van der Waals surface area contributed by atoms with Gasteiger partial charge in [0.25, 0.3) is 0 Å². The number of fused-ring (bicyclic) bond motifs is 1. The van der Waals surface area contributed by atoms with E-state index in [0.29, 0.717) is 6.61 Å². The van der Waals surface area contributed by atoms with Crippen molar-refractivity contribution in [2.45, 2.75) is 38.4 Å². The molecule has 1 aromatic rings. The molecule has 3 heteroatoms. The fraction of sp³-hybridized carbons (Fsp3) is 0.571. The summed E-state index contributed by atoms with van der Waals surface area (Å²) in [5.74, 6) is 0.863. The molecule has 0 aromatic heterocycles. The number of aliphatic hydroxyl groups is 1. The number of methoxy groups -OCH3 is 1. The smallest absolute Gasteiger partial charge is 0.119 e. The van der Waals surface area contributed by atoms with Gasteiger partial charge in [0.05, 0.1) is 12.2 Å². The van der Waals surface area contributed by atoms with Gasteiger partial charge in [-0.25, -0.2) is 0 Å². The summed E-state index contributed by atoms with van der Waals surface area (Å²) in [6.45, 7) is 2.53.